The molecule has 27 heavy (non-hydrogen) atoms. The van der Waals surface area contributed by atoms with Crippen LogP contribution in [-0.2, 0) is 9.53 Å². The smallest absolute Gasteiger partial charge is 0.320 e. The zero-order chi connectivity index (χ0) is 20.1. The molecule has 0 amide bonds. The van der Waals surface area contributed by atoms with Gasteiger partial charge in [0.1, 0.15) is 36.2 Å². The third kappa shape index (κ3) is 4.63. The Labute approximate surface area is 159 Å². The number of anilines is 1. The van der Waals surface area contributed by atoms with Crippen molar-refractivity contribution >= 4 is 35.6 Å². The van der Waals surface area contributed by atoms with E-state index in [-0.39, 0.29) is 5.82 Å². The van der Waals surface area contributed by atoms with Crippen molar-refractivity contribution < 1.29 is 30.0 Å². The number of fused-ring (bicyclic) bond motifs is 1. The van der Waals surface area contributed by atoms with E-state index in [0.717, 1.165) is 0 Å². The van der Waals surface area contributed by atoms with Crippen LogP contribution in [0.2, 0.25) is 0 Å². The third-order valence-corrected chi connectivity index (χ3v) is 4.19. The molecular weight excluding hydrogens is 380 g/mol. The third-order valence-electron chi connectivity index (χ3n) is 3.94. The number of hydrogen-bond acceptors (Lipinski definition) is 11. The van der Waals surface area contributed by atoms with Gasteiger partial charge in [-0.2, -0.15) is 12.6 Å². The van der Waals surface area contributed by atoms with Gasteiger partial charge in [0.15, 0.2) is 17.7 Å². The van der Waals surface area contributed by atoms with Crippen molar-refractivity contribution in [3.63, 3.8) is 0 Å². The Hall–Kier alpha value is -2.03. The van der Waals surface area contributed by atoms with Crippen LogP contribution in [0.5, 0.6) is 0 Å². The van der Waals surface area contributed by atoms with E-state index in [0.29, 0.717) is 23.3 Å². The van der Waals surface area contributed by atoms with E-state index in [9.17, 15) is 15.0 Å². The molecule has 2 aromatic rings. The fraction of sp³-hybridized carbons (Fsp3) is 0.571. The predicted molar refractivity (Wildman–Crippen MR) is 96.8 cm³/mol. The van der Waals surface area contributed by atoms with Gasteiger partial charge in [0.25, 0.3) is 0 Å². The first-order valence-corrected chi connectivity index (χ1v) is 8.59. The molecule has 2 aromatic heterocycles. The first kappa shape index (κ1) is 21.3. The van der Waals surface area contributed by atoms with Gasteiger partial charge in [-0.1, -0.05) is 0 Å². The summed E-state index contributed by atoms with van der Waals surface area (Å²) in [5, 5.41) is 36.9. The van der Waals surface area contributed by atoms with Crippen LogP contribution in [0.3, 0.4) is 0 Å². The molecule has 3 heterocycles. The van der Waals surface area contributed by atoms with E-state index in [4.69, 9.17) is 26.4 Å². The summed E-state index contributed by atoms with van der Waals surface area (Å²) in [7, 11) is 0. The number of rotatable bonds is 5. The number of carboxylic acids is 1. The molecule has 8 N–H and O–H groups in total. The summed E-state index contributed by atoms with van der Waals surface area (Å²) in [6.45, 7) is -0.390. The molecule has 5 atom stereocenters. The Kier molecular flexibility index (Phi) is 7.29. The van der Waals surface area contributed by atoms with Crippen molar-refractivity contribution in [3.8, 4) is 0 Å². The Balaban J connectivity index is 0.000000279. The lowest BCUT2D eigenvalue weighted by molar-refractivity contribution is -0.138. The number of nitrogen functional groups attached to an aromatic ring is 1. The number of imidazole rings is 1. The molecule has 13 heteroatoms. The first-order valence-electron chi connectivity index (χ1n) is 7.96. The van der Waals surface area contributed by atoms with Crippen LogP contribution in [0.25, 0.3) is 11.2 Å². The van der Waals surface area contributed by atoms with Crippen LogP contribution in [0.4, 0.5) is 5.82 Å². The number of nitrogens with zero attached hydrogens (tertiary/aromatic N) is 4. The second-order valence-corrected chi connectivity index (χ2v) is 6.22. The fourth-order valence-corrected chi connectivity index (χ4v) is 2.71. The minimum Gasteiger partial charge on any atom is -0.480 e. The van der Waals surface area contributed by atoms with E-state index in [1.54, 1.807) is 0 Å². The number of aliphatic hydroxyl groups is 3. The number of hydrogen-bond donors (Lipinski definition) is 7. The van der Waals surface area contributed by atoms with Crippen molar-refractivity contribution in [1.29, 1.82) is 0 Å². The minimum absolute atomic E-state index is 0.218. The average molecular weight is 402 g/mol. The van der Waals surface area contributed by atoms with Gasteiger partial charge in [0, 0.05) is 0 Å². The zero-order valence-corrected chi connectivity index (χ0v) is 15.1. The van der Waals surface area contributed by atoms with Crippen molar-refractivity contribution in [2.75, 3.05) is 18.1 Å². The van der Waals surface area contributed by atoms with Crippen LogP contribution in [0.1, 0.15) is 12.6 Å². The maximum Gasteiger partial charge on any atom is 0.320 e. The fourth-order valence-electron chi connectivity index (χ4n) is 2.43. The highest BCUT2D eigenvalue weighted by atomic mass is 32.1. The van der Waals surface area contributed by atoms with Gasteiger partial charge in [-0.05, 0) is 12.2 Å². The largest absolute Gasteiger partial charge is 0.480 e. The highest BCUT2D eigenvalue weighted by Crippen LogP contribution is 2.31. The van der Waals surface area contributed by atoms with E-state index in [1.165, 1.54) is 17.2 Å². The summed E-state index contributed by atoms with van der Waals surface area (Å²) in [6.07, 6.45) is -0.994. The number of nitrogens with two attached hydrogens (primary N) is 2. The van der Waals surface area contributed by atoms with Gasteiger partial charge in [0.05, 0.1) is 12.9 Å². The molecule has 1 fully saturated rings. The SMILES string of the molecule is N[C@@H](CCS)C(=O)O.Nc1ncnc2c1ncn2[C@@H]1O[C@H](CO)[C@@H](O)[C@H]1O. The molecule has 1 saturated heterocycles. The highest BCUT2D eigenvalue weighted by Gasteiger charge is 2.43. The molecule has 1 aliphatic rings. The molecule has 0 aromatic carbocycles. The van der Waals surface area contributed by atoms with Gasteiger partial charge in [-0.25, -0.2) is 15.0 Å². The summed E-state index contributed by atoms with van der Waals surface area (Å²) >= 11 is 3.81. The predicted octanol–water partition coefficient (Wildman–Crippen LogP) is -2.26. The van der Waals surface area contributed by atoms with Crippen LogP contribution < -0.4 is 11.5 Å². The molecule has 0 bridgehead atoms. The topological polar surface area (TPSA) is 203 Å². The number of thiol groups is 1. The second-order valence-electron chi connectivity index (χ2n) is 5.77. The molecule has 0 unspecified atom stereocenters. The normalized spacial score (nSPS) is 25.8. The number of carboxylic acid groups (broad SMARTS) is 1. The monoisotopic (exact) mass is 402 g/mol. The maximum atomic E-state index is 9.95. The lowest BCUT2D eigenvalue weighted by atomic mass is 10.1. The zero-order valence-electron chi connectivity index (χ0n) is 14.2. The maximum absolute atomic E-state index is 9.95. The van der Waals surface area contributed by atoms with Gasteiger partial charge in [-0.15, -0.1) is 0 Å². The minimum atomic E-state index is -1.19. The number of ether oxygens (including phenoxy) is 1. The van der Waals surface area contributed by atoms with Crippen LogP contribution in [-0.4, -0.2) is 82.6 Å². The van der Waals surface area contributed by atoms with Crippen LogP contribution >= 0.6 is 12.6 Å². The molecule has 1 aliphatic heterocycles. The summed E-state index contributed by atoms with van der Waals surface area (Å²) in [4.78, 5) is 21.8. The summed E-state index contributed by atoms with van der Waals surface area (Å²) in [5.74, 6) is -0.220. The lowest BCUT2D eigenvalue weighted by Crippen LogP contribution is -2.33. The molecule has 0 radical (unpaired) electrons. The van der Waals surface area contributed by atoms with E-state index in [2.05, 4.69) is 27.6 Å². The first-order chi connectivity index (χ1) is 12.8. The summed E-state index contributed by atoms with van der Waals surface area (Å²) < 4.78 is 6.85. The Morgan fingerprint density at radius 2 is 2.04 bits per heavy atom. The summed E-state index contributed by atoms with van der Waals surface area (Å²) in [6, 6.07) is -0.743. The molecule has 0 aliphatic carbocycles. The Bertz CT molecular complexity index is 776. The average Bonchev–Trinajstić information content (AvgIpc) is 3.18. The van der Waals surface area contributed by atoms with Crippen LogP contribution in [0.15, 0.2) is 12.7 Å². The second kappa shape index (κ2) is 9.25. The molecule has 0 spiro atoms. The van der Waals surface area contributed by atoms with E-state index in [1.807, 2.05) is 0 Å². The quantitative estimate of drug-likeness (QED) is 0.266. The number of carbonyl (C=O) groups is 1. The Morgan fingerprint density at radius 1 is 1.33 bits per heavy atom. The van der Waals surface area contributed by atoms with Gasteiger partial charge in [0.2, 0.25) is 0 Å². The number of aliphatic carboxylic acids is 1. The number of aliphatic hydroxyl groups excluding tert-OH is 3. The van der Waals surface area contributed by atoms with Gasteiger partial charge in [-0.3, -0.25) is 9.36 Å². The van der Waals surface area contributed by atoms with E-state index < -0.39 is 43.2 Å². The molecule has 0 saturated carbocycles. The van der Waals surface area contributed by atoms with Gasteiger partial charge < -0.3 is 36.6 Å². The Morgan fingerprint density at radius 3 is 2.56 bits per heavy atom. The molecular formula is C14H22N6O6S. The number of aromatic nitrogens is 4. The van der Waals surface area contributed by atoms with Crippen molar-refractivity contribution in [3.05, 3.63) is 12.7 Å². The van der Waals surface area contributed by atoms with Crippen molar-refractivity contribution in [2.45, 2.75) is 37.0 Å². The van der Waals surface area contributed by atoms with Crippen molar-refractivity contribution in [2.24, 2.45) is 5.73 Å². The van der Waals surface area contributed by atoms with Gasteiger partial charge >= 0.3 is 5.97 Å². The molecule has 12 nitrogen and oxygen atoms in total. The van der Waals surface area contributed by atoms with Crippen molar-refractivity contribution in [1.82, 2.24) is 19.5 Å². The summed E-state index contributed by atoms with van der Waals surface area (Å²) in [5.41, 5.74) is 11.5. The van der Waals surface area contributed by atoms with E-state index >= 15 is 0 Å². The molecule has 3 rings (SSSR count). The molecule has 150 valence electrons. The lowest BCUT2D eigenvalue weighted by Gasteiger charge is -2.16. The highest BCUT2D eigenvalue weighted by molar-refractivity contribution is 7.80. The van der Waals surface area contributed by atoms with Crippen LogP contribution in [0, 0.1) is 0 Å². The standard InChI is InChI=1S/C10H13N5O4.C4H9NO2S/c11-8-5-9(13-2-12-8)15(3-14-5)10-7(18)6(17)4(1-16)19-10;5-3(1-2-8)4(6)7/h2-4,6-7,10,16-18H,1H2,(H2,11,12,13);3,8H,1-2,5H2,(H,6,7)/t4-,6-,7-,10-;3-/m10/s1.